The van der Waals surface area contributed by atoms with E-state index in [-0.39, 0.29) is 17.8 Å². The summed E-state index contributed by atoms with van der Waals surface area (Å²) in [5, 5.41) is 13.7. The van der Waals surface area contributed by atoms with E-state index in [1.807, 2.05) is 0 Å². The van der Waals surface area contributed by atoms with Gasteiger partial charge in [-0.05, 0) is 12.8 Å². The SMILES string of the molecule is NC1CCCCCC1Nc1ncc([N+](=O)[O-])cn1. The van der Waals surface area contributed by atoms with Gasteiger partial charge in [-0.2, -0.15) is 0 Å². The van der Waals surface area contributed by atoms with Crippen LogP contribution in [0.1, 0.15) is 32.1 Å². The van der Waals surface area contributed by atoms with E-state index in [1.165, 1.54) is 18.8 Å². The van der Waals surface area contributed by atoms with Crippen LogP contribution in [0.2, 0.25) is 0 Å². The molecule has 0 amide bonds. The monoisotopic (exact) mass is 251 g/mol. The maximum Gasteiger partial charge on any atom is 0.305 e. The zero-order valence-corrected chi connectivity index (χ0v) is 10.1. The molecular formula is C11H17N5O2. The Bertz CT molecular complexity index is 408. The second-order valence-corrected chi connectivity index (χ2v) is 4.57. The number of aromatic nitrogens is 2. The van der Waals surface area contributed by atoms with Gasteiger partial charge in [-0.1, -0.05) is 19.3 Å². The number of nitro groups is 1. The molecule has 2 unspecified atom stereocenters. The van der Waals surface area contributed by atoms with Gasteiger partial charge in [0.05, 0.1) is 4.92 Å². The summed E-state index contributed by atoms with van der Waals surface area (Å²) in [7, 11) is 0. The first-order valence-corrected chi connectivity index (χ1v) is 6.15. The minimum Gasteiger partial charge on any atom is -0.350 e. The molecule has 0 saturated heterocycles. The lowest BCUT2D eigenvalue weighted by molar-refractivity contribution is -0.385. The molecule has 1 aromatic rings. The normalized spacial score (nSPS) is 24.3. The van der Waals surface area contributed by atoms with E-state index in [2.05, 4.69) is 15.3 Å². The summed E-state index contributed by atoms with van der Waals surface area (Å²) in [6.45, 7) is 0. The van der Waals surface area contributed by atoms with Crippen molar-refractivity contribution in [1.82, 2.24) is 9.97 Å². The van der Waals surface area contributed by atoms with Crippen molar-refractivity contribution in [2.45, 2.75) is 44.2 Å². The van der Waals surface area contributed by atoms with E-state index >= 15 is 0 Å². The molecule has 1 aromatic heterocycles. The standard InChI is InChI=1S/C11H17N5O2/c12-9-4-2-1-3-5-10(9)15-11-13-6-8(7-14-11)16(17)18/h6-7,9-10H,1-5,12H2,(H,13,14,15). The molecule has 1 aliphatic rings. The maximum absolute atomic E-state index is 10.5. The fourth-order valence-electron chi connectivity index (χ4n) is 2.17. The highest BCUT2D eigenvalue weighted by Gasteiger charge is 2.21. The van der Waals surface area contributed by atoms with E-state index in [9.17, 15) is 10.1 Å². The van der Waals surface area contributed by atoms with Gasteiger partial charge in [0.15, 0.2) is 0 Å². The molecule has 0 aliphatic heterocycles. The van der Waals surface area contributed by atoms with Crippen LogP contribution in [0.5, 0.6) is 0 Å². The van der Waals surface area contributed by atoms with Crippen LogP contribution >= 0.6 is 0 Å². The number of hydrogen-bond acceptors (Lipinski definition) is 6. The Balaban J connectivity index is 2.01. The predicted molar refractivity (Wildman–Crippen MR) is 67.2 cm³/mol. The summed E-state index contributed by atoms with van der Waals surface area (Å²) in [5.74, 6) is 0.406. The van der Waals surface area contributed by atoms with Crippen LogP contribution in [-0.2, 0) is 0 Å². The highest BCUT2D eigenvalue weighted by Crippen LogP contribution is 2.19. The van der Waals surface area contributed by atoms with Crippen molar-refractivity contribution in [3.8, 4) is 0 Å². The lowest BCUT2D eigenvalue weighted by atomic mass is 10.0. The lowest BCUT2D eigenvalue weighted by Gasteiger charge is -2.22. The van der Waals surface area contributed by atoms with Gasteiger partial charge in [0.2, 0.25) is 5.95 Å². The molecule has 2 atom stereocenters. The average Bonchev–Trinajstić information content (AvgIpc) is 2.56. The molecule has 1 aliphatic carbocycles. The van der Waals surface area contributed by atoms with Crippen LogP contribution in [0.3, 0.4) is 0 Å². The van der Waals surface area contributed by atoms with Crippen LogP contribution in [-0.4, -0.2) is 27.0 Å². The van der Waals surface area contributed by atoms with Crippen molar-refractivity contribution in [1.29, 1.82) is 0 Å². The van der Waals surface area contributed by atoms with Crippen LogP contribution in [0.25, 0.3) is 0 Å². The van der Waals surface area contributed by atoms with Crippen LogP contribution in [0.15, 0.2) is 12.4 Å². The van der Waals surface area contributed by atoms with E-state index in [1.54, 1.807) is 0 Å². The Morgan fingerprint density at radius 2 is 1.94 bits per heavy atom. The summed E-state index contributed by atoms with van der Waals surface area (Å²) in [5.41, 5.74) is 5.97. The van der Waals surface area contributed by atoms with Gasteiger partial charge >= 0.3 is 5.69 Å². The smallest absolute Gasteiger partial charge is 0.305 e. The molecule has 1 heterocycles. The quantitative estimate of drug-likeness (QED) is 0.478. The number of nitrogens with two attached hydrogens (primary N) is 1. The molecule has 0 spiro atoms. The topological polar surface area (TPSA) is 107 Å². The number of nitrogens with one attached hydrogen (secondary N) is 1. The summed E-state index contributed by atoms with van der Waals surface area (Å²) in [6.07, 6.45) is 7.88. The first-order chi connectivity index (χ1) is 8.66. The van der Waals surface area contributed by atoms with Crippen molar-refractivity contribution in [3.05, 3.63) is 22.5 Å². The van der Waals surface area contributed by atoms with Crippen molar-refractivity contribution in [3.63, 3.8) is 0 Å². The Morgan fingerprint density at radius 3 is 2.61 bits per heavy atom. The van der Waals surface area contributed by atoms with Crippen LogP contribution in [0, 0.1) is 10.1 Å². The molecule has 1 saturated carbocycles. The lowest BCUT2D eigenvalue weighted by Crippen LogP contribution is -2.39. The Labute approximate surface area is 105 Å². The largest absolute Gasteiger partial charge is 0.350 e. The highest BCUT2D eigenvalue weighted by molar-refractivity contribution is 5.32. The minimum absolute atomic E-state index is 0.0892. The van der Waals surface area contributed by atoms with E-state index in [4.69, 9.17) is 5.73 Å². The molecule has 7 heteroatoms. The van der Waals surface area contributed by atoms with Gasteiger partial charge in [0.25, 0.3) is 0 Å². The van der Waals surface area contributed by atoms with E-state index in [0.29, 0.717) is 5.95 Å². The van der Waals surface area contributed by atoms with E-state index < -0.39 is 4.92 Å². The fourth-order valence-corrected chi connectivity index (χ4v) is 2.17. The van der Waals surface area contributed by atoms with Crippen molar-refractivity contribution in [2.75, 3.05) is 5.32 Å². The zero-order chi connectivity index (χ0) is 13.0. The molecule has 3 N–H and O–H groups in total. The summed E-state index contributed by atoms with van der Waals surface area (Å²) >= 11 is 0. The number of hydrogen-bond donors (Lipinski definition) is 2. The minimum atomic E-state index is -0.513. The molecule has 7 nitrogen and oxygen atoms in total. The Hall–Kier alpha value is -1.76. The second kappa shape index (κ2) is 5.72. The van der Waals surface area contributed by atoms with Crippen molar-refractivity contribution < 1.29 is 4.92 Å². The predicted octanol–water partition coefficient (Wildman–Crippen LogP) is 1.46. The Kier molecular flexibility index (Phi) is 4.03. The maximum atomic E-state index is 10.5. The molecule has 2 rings (SSSR count). The summed E-state index contributed by atoms with van der Waals surface area (Å²) in [4.78, 5) is 17.9. The van der Waals surface area contributed by atoms with E-state index in [0.717, 1.165) is 25.7 Å². The third kappa shape index (κ3) is 3.13. The van der Waals surface area contributed by atoms with Gasteiger partial charge in [-0.25, -0.2) is 9.97 Å². The van der Waals surface area contributed by atoms with Gasteiger partial charge in [0, 0.05) is 12.1 Å². The fraction of sp³-hybridized carbons (Fsp3) is 0.636. The number of anilines is 1. The number of nitrogens with zero attached hydrogens (tertiary/aromatic N) is 3. The molecule has 0 bridgehead atoms. The van der Waals surface area contributed by atoms with Gasteiger partial charge < -0.3 is 11.1 Å². The van der Waals surface area contributed by atoms with Crippen molar-refractivity contribution >= 4 is 11.6 Å². The molecule has 18 heavy (non-hydrogen) atoms. The van der Waals surface area contributed by atoms with Gasteiger partial charge in [-0.15, -0.1) is 0 Å². The third-order valence-corrected chi connectivity index (χ3v) is 3.23. The molecule has 1 fully saturated rings. The van der Waals surface area contributed by atoms with Gasteiger partial charge in [0.1, 0.15) is 12.4 Å². The van der Waals surface area contributed by atoms with Crippen LogP contribution in [0.4, 0.5) is 11.6 Å². The number of rotatable bonds is 3. The summed E-state index contributed by atoms with van der Waals surface area (Å²) in [6, 6.07) is 0.236. The molecule has 0 radical (unpaired) electrons. The first-order valence-electron chi connectivity index (χ1n) is 6.15. The molecular weight excluding hydrogens is 234 g/mol. The summed E-state index contributed by atoms with van der Waals surface area (Å²) < 4.78 is 0. The van der Waals surface area contributed by atoms with Crippen LogP contribution < -0.4 is 11.1 Å². The second-order valence-electron chi connectivity index (χ2n) is 4.57. The average molecular weight is 251 g/mol. The third-order valence-electron chi connectivity index (χ3n) is 3.23. The van der Waals surface area contributed by atoms with Crippen molar-refractivity contribution in [2.24, 2.45) is 5.73 Å². The molecule has 98 valence electrons. The van der Waals surface area contributed by atoms with Gasteiger partial charge in [-0.3, -0.25) is 10.1 Å². The molecule has 0 aromatic carbocycles. The highest BCUT2D eigenvalue weighted by atomic mass is 16.6. The zero-order valence-electron chi connectivity index (χ0n) is 10.1. The first kappa shape index (κ1) is 12.7. The Morgan fingerprint density at radius 1 is 1.28 bits per heavy atom.